The Morgan fingerprint density at radius 1 is 0.761 bits per heavy atom. The third-order valence-electron chi connectivity index (χ3n) is 8.78. The molecule has 0 amide bonds. The molecular weight excluding hydrogens is 584 g/mol. The van der Waals surface area contributed by atoms with Crippen LogP contribution in [-0.2, 0) is 10.3 Å². The van der Waals surface area contributed by atoms with E-state index in [9.17, 15) is 15.2 Å². The number of benzene rings is 2. The summed E-state index contributed by atoms with van der Waals surface area (Å²) in [7, 11) is 0. The molecule has 0 fully saturated rings. The third kappa shape index (κ3) is 6.43. The quantitative estimate of drug-likeness (QED) is 0.330. The highest BCUT2D eigenvalue weighted by Crippen LogP contribution is 2.45. The summed E-state index contributed by atoms with van der Waals surface area (Å²) in [6.45, 7) is 21.3. The second-order valence-corrected chi connectivity index (χ2v) is 16.2. The van der Waals surface area contributed by atoms with Crippen LogP contribution < -0.4 is 14.2 Å². The van der Waals surface area contributed by atoms with Crippen molar-refractivity contribution in [3.8, 4) is 17.2 Å². The van der Waals surface area contributed by atoms with Gasteiger partial charge < -0.3 is 29.4 Å². The molecule has 9 heteroatoms. The fourth-order valence-electron chi connectivity index (χ4n) is 6.91. The molecule has 2 aromatic carbocycles. The minimum Gasteiger partial charge on any atom is -0.488 e. The van der Waals surface area contributed by atoms with E-state index in [1.165, 1.54) is 10.1 Å². The Morgan fingerprint density at radius 2 is 1.28 bits per heavy atom. The summed E-state index contributed by atoms with van der Waals surface area (Å²) in [5.41, 5.74) is -3.36. The maximum absolute atomic E-state index is 14.6. The number of rotatable bonds is 6. The number of fused-ring (bicyclic) bond motifs is 1. The largest absolute Gasteiger partial charge is 0.488 e. The summed E-state index contributed by atoms with van der Waals surface area (Å²) >= 11 is 0. The molecule has 2 N–H and O–H groups in total. The number of hydroxylamine groups is 4. The summed E-state index contributed by atoms with van der Waals surface area (Å²) in [6, 6.07) is 12.6. The maximum atomic E-state index is 14.6. The lowest BCUT2D eigenvalue weighted by Crippen LogP contribution is -2.56. The van der Waals surface area contributed by atoms with Crippen molar-refractivity contribution in [2.75, 3.05) is 6.61 Å². The number of hydrogen-bond acceptors (Lipinski definition) is 9. The van der Waals surface area contributed by atoms with Crippen LogP contribution in [0.5, 0.6) is 17.2 Å². The number of hydrogen-bond donors (Lipinski definition) is 2. The van der Waals surface area contributed by atoms with Crippen LogP contribution in [0.25, 0.3) is 0 Å². The van der Waals surface area contributed by atoms with Gasteiger partial charge in [-0.25, -0.2) is 0 Å². The van der Waals surface area contributed by atoms with E-state index in [1.54, 1.807) is 18.2 Å². The second kappa shape index (κ2) is 11.1. The molecule has 0 bridgehead atoms. The van der Waals surface area contributed by atoms with Gasteiger partial charge in [-0.15, -0.1) is 0 Å². The van der Waals surface area contributed by atoms with Crippen LogP contribution in [0, 0.1) is 0 Å². The third-order valence-corrected chi connectivity index (χ3v) is 8.78. The molecule has 250 valence electrons. The summed E-state index contributed by atoms with van der Waals surface area (Å²) < 4.78 is 25.4. The van der Waals surface area contributed by atoms with Gasteiger partial charge in [-0.3, -0.25) is 4.79 Å². The molecular formula is C37H50N2O7. The molecule has 3 heterocycles. The van der Waals surface area contributed by atoms with Crippen LogP contribution in [0.2, 0.25) is 0 Å². The van der Waals surface area contributed by atoms with Crippen molar-refractivity contribution >= 4 is 5.78 Å². The van der Waals surface area contributed by atoms with E-state index in [1.807, 2.05) is 113 Å². The van der Waals surface area contributed by atoms with E-state index in [0.717, 1.165) is 5.76 Å². The van der Waals surface area contributed by atoms with Gasteiger partial charge in [0, 0.05) is 35.5 Å². The van der Waals surface area contributed by atoms with Crippen LogP contribution in [0.3, 0.4) is 0 Å². The first-order chi connectivity index (χ1) is 21.0. The first-order valence-corrected chi connectivity index (χ1v) is 15.9. The van der Waals surface area contributed by atoms with Gasteiger partial charge in [0.2, 0.25) is 11.4 Å². The molecule has 1 atom stereocenters. The lowest BCUT2D eigenvalue weighted by atomic mass is 9.82. The number of carbonyl (C=O) groups excluding carboxylic acids is 1. The summed E-state index contributed by atoms with van der Waals surface area (Å²) in [5, 5.41) is 24.3. The van der Waals surface area contributed by atoms with Crippen LogP contribution in [0.15, 0.2) is 66.1 Å². The fourth-order valence-corrected chi connectivity index (χ4v) is 6.91. The van der Waals surface area contributed by atoms with E-state index in [4.69, 9.17) is 18.9 Å². The van der Waals surface area contributed by atoms with E-state index < -0.39 is 33.4 Å². The molecule has 5 rings (SSSR count). The molecule has 0 saturated heterocycles. The second-order valence-electron chi connectivity index (χ2n) is 16.2. The Bertz CT molecular complexity index is 1560. The number of ketones is 1. The SMILES string of the molecule is CC(C)(C)Oc1ccc2c(c1)OCC(OC1=CC(C)(C)N(O)C(C)(C)C1)(c1ccc(OC3=CC(C)(C)N(O)C(C)(C)C3)cc1)C2=O. The predicted molar refractivity (Wildman–Crippen MR) is 175 cm³/mol. The van der Waals surface area contributed by atoms with Gasteiger partial charge in [-0.2, -0.15) is 10.1 Å². The lowest BCUT2D eigenvalue weighted by molar-refractivity contribution is -0.220. The number of ether oxygens (including phenoxy) is 4. The van der Waals surface area contributed by atoms with E-state index in [-0.39, 0.29) is 12.4 Å². The van der Waals surface area contributed by atoms with Gasteiger partial charge in [0.1, 0.15) is 35.2 Å². The highest BCUT2D eigenvalue weighted by Gasteiger charge is 2.51. The first-order valence-electron chi connectivity index (χ1n) is 15.9. The molecule has 0 saturated carbocycles. The van der Waals surface area contributed by atoms with Crippen LogP contribution in [0.1, 0.15) is 105 Å². The normalized spacial score (nSPS) is 25.5. The van der Waals surface area contributed by atoms with E-state index >= 15 is 0 Å². The highest BCUT2D eigenvalue weighted by atomic mass is 16.6. The van der Waals surface area contributed by atoms with Crippen LogP contribution >= 0.6 is 0 Å². The Hall–Kier alpha value is -3.37. The molecule has 1 unspecified atom stereocenters. The van der Waals surface area contributed by atoms with Crippen LogP contribution in [-0.4, -0.2) is 60.7 Å². The van der Waals surface area contributed by atoms with Crippen molar-refractivity contribution in [2.24, 2.45) is 0 Å². The van der Waals surface area contributed by atoms with Crippen LogP contribution in [0.4, 0.5) is 0 Å². The lowest BCUT2D eigenvalue weighted by Gasteiger charge is -2.48. The predicted octanol–water partition coefficient (Wildman–Crippen LogP) is 7.80. The average Bonchev–Trinajstić information content (AvgIpc) is 2.91. The number of Topliss-reactive ketones (excluding diaryl/α,β-unsaturated/α-hetero) is 1. The van der Waals surface area contributed by atoms with Crippen molar-refractivity contribution in [1.29, 1.82) is 0 Å². The van der Waals surface area contributed by atoms with Gasteiger partial charge in [-0.1, -0.05) is 12.1 Å². The zero-order valence-electron chi connectivity index (χ0n) is 29.1. The smallest absolute Gasteiger partial charge is 0.229 e. The van der Waals surface area contributed by atoms with E-state index in [2.05, 4.69) is 0 Å². The minimum atomic E-state index is -1.49. The highest BCUT2D eigenvalue weighted by molar-refractivity contribution is 6.06. The molecule has 0 aromatic heterocycles. The van der Waals surface area contributed by atoms with Crippen molar-refractivity contribution in [3.05, 3.63) is 77.3 Å². The molecule has 2 aromatic rings. The topological polar surface area (TPSA) is 101 Å². The van der Waals surface area contributed by atoms with Gasteiger partial charge >= 0.3 is 0 Å². The van der Waals surface area contributed by atoms with Crippen molar-refractivity contribution in [2.45, 2.75) is 122 Å². The molecule has 0 radical (unpaired) electrons. The Kier molecular flexibility index (Phi) is 8.21. The molecule has 0 spiro atoms. The molecule has 3 aliphatic heterocycles. The average molecular weight is 635 g/mol. The Labute approximate surface area is 273 Å². The van der Waals surface area contributed by atoms with E-state index in [0.29, 0.717) is 47.0 Å². The van der Waals surface area contributed by atoms with Gasteiger partial charge in [0.25, 0.3) is 0 Å². The molecule has 46 heavy (non-hydrogen) atoms. The van der Waals surface area contributed by atoms with Crippen molar-refractivity contribution in [1.82, 2.24) is 10.1 Å². The van der Waals surface area contributed by atoms with Gasteiger partial charge in [-0.05, 0) is 113 Å². The summed E-state index contributed by atoms with van der Waals surface area (Å²) in [6.07, 6.45) is 4.70. The number of nitrogens with zero attached hydrogens (tertiary/aromatic N) is 2. The number of carbonyl (C=O) groups is 1. The standard InChI is InChI=1S/C37H50N2O7/c1-32(2,3)45-26-16-17-29-30(18-26)43-23-37(31(29)40,46-28-21-35(8,9)39(42)36(10,11)22-28)24-12-14-25(15-13-24)44-27-19-33(4,5)38(41)34(6,7)20-27/h12-19,21,41-42H,20,22-23H2,1-11H3. The Morgan fingerprint density at radius 3 is 1.83 bits per heavy atom. The summed E-state index contributed by atoms with van der Waals surface area (Å²) in [4.78, 5) is 14.6. The van der Waals surface area contributed by atoms with Crippen molar-refractivity contribution < 1.29 is 34.2 Å². The van der Waals surface area contributed by atoms with Gasteiger partial charge in [0.15, 0.2) is 0 Å². The van der Waals surface area contributed by atoms with Crippen molar-refractivity contribution in [3.63, 3.8) is 0 Å². The van der Waals surface area contributed by atoms with Gasteiger partial charge in [0.05, 0.1) is 22.4 Å². The Balaban J connectivity index is 1.52. The zero-order chi connectivity index (χ0) is 34.1. The maximum Gasteiger partial charge on any atom is 0.229 e. The molecule has 9 nitrogen and oxygen atoms in total. The monoisotopic (exact) mass is 634 g/mol. The first kappa shape index (κ1) is 34.0. The minimum absolute atomic E-state index is 0.0566. The zero-order valence-corrected chi connectivity index (χ0v) is 29.1. The molecule has 3 aliphatic rings. The fraction of sp³-hybridized carbons (Fsp3) is 0.541. The molecule has 0 aliphatic carbocycles. The summed E-state index contributed by atoms with van der Waals surface area (Å²) in [5.74, 6) is 2.78.